The first-order valence-corrected chi connectivity index (χ1v) is 8.78. The topological polar surface area (TPSA) is 85.6 Å². The molecular weight excluding hydrogens is 459 g/mol. The van der Waals surface area contributed by atoms with Gasteiger partial charge in [-0.25, -0.2) is 0 Å². The Morgan fingerprint density at radius 1 is 1.22 bits per heavy atom. The number of benzene rings is 1. The highest BCUT2D eigenvalue weighted by atomic mass is 127. The maximum Gasteiger partial charge on any atom is 0.191 e. The Kier molecular flexibility index (Phi) is 9.90. The van der Waals surface area contributed by atoms with Gasteiger partial charge in [-0.3, -0.25) is 4.99 Å². The fourth-order valence-corrected chi connectivity index (χ4v) is 2.45. The lowest BCUT2D eigenvalue weighted by Gasteiger charge is -2.20. The van der Waals surface area contributed by atoms with Crippen LogP contribution in [-0.2, 0) is 13.6 Å². The van der Waals surface area contributed by atoms with Gasteiger partial charge in [0.2, 0.25) is 0 Å². The van der Waals surface area contributed by atoms with Gasteiger partial charge in [0.25, 0.3) is 0 Å². The second-order valence-electron chi connectivity index (χ2n) is 5.72. The zero-order valence-corrected chi connectivity index (χ0v) is 18.9. The Bertz CT molecular complexity index is 734. The van der Waals surface area contributed by atoms with E-state index in [4.69, 9.17) is 9.47 Å². The van der Waals surface area contributed by atoms with E-state index in [1.165, 1.54) is 0 Å². The Labute approximate surface area is 177 Å². The van der Waals surface area contributed by atoms with Crippen molar-refractivity contribution in [2.45, 2.75) is 33.4 Å². The van der Waals surface area contributed by atoms with Crippen molar-refractivity contribution in [3.8, 4) is 11.5 Å². The lowest BCUT2D eigenvalue weighted by Crippen LogP contribution is -2.38. The number of ether oxygens (including phenoxy) is 2. The van der Waals surface area contributed by atoms with Gasteiger partial charge in [-0.15, -0.1) is 34.2 Å². The standard InChI is InChI=1S/C18H28N6O2.HI/c1-6-25-15-9-8-14(10-16(15)26-7-2)13(3)22-18(19-4)20-11-17-23-21-12-24(17)5;/h8-10,12-13H,6-7,11H2,1-5H3,(H2,19,20,22);1H. The van der Waals surface area contributed by atoms with Crippen LogP contribution in [0, 0.1) is 0 Å². The minimum atomic E-state index is 0. The summed E-state index contributed by atoms with van der Waals surface area (Å²) in [5.41, 5.74) is 1.08. The summed E-state index contributed by atoms with van der Waals surface area (Å²) in [6.07, 6.45) is 1.67. The van der Waals surface area contributed by atoms with Gasteiger partial charge in [0, 0.05) is 14.1 Å². The summed E-state index contributed by atoms with van der Waals surface area (Å²) in [7, 11) is 3.65. The third-order valence-electron chi connectivity index (χ3n) is 3.86. The zero-order valence-electron chi connectivity index (χ0n) is 16.5. The van der Waals surface area contributed by atoms with E-state index in [0.29, 0.717) is 25.7 Å². The van der Waals surface area contributed by atoms with Crippen LogP contribution in [0.25, 0.3) is 0 Å². The molecule has 0 amide bonds. The maximum absolute atomic E-state index is 5.70. The normalized spacial score (nSPS) is 12.1. The van der Waals surface area contributed by atoms with Crippen LogP contribution in [0.5, 0.6) is 11.5 Å². The lowest BCUT2D eigenvalue weighted by molar-refractivity contribution is 0.287. The number of rotatable bonds is 8. The van der Waals surface area contributed by atoms with E-state index in [-0.39, 0.29) is 30.0 Å². The first kappa shape index (κ1) is 23.0. The van der Waals surface area contributed by atoms with Crippen LogP contribution in [0.4, 0.5) is 0 Å². The van der Waals surface area contributed by atoms with Crippen LogP contribution in [0.3, 0.4) is 0 Å². The predicted molar refractivity (Wildman–Crippen MR) is 117 cm³/mol. The van der Waals surface area contributed by atoms with E-state index < -0.39 is 0 Å². The van der Waals surface area contributed by atoms with Crippen molar-refractivity contribution in [1.82, 2.24) is 25.4 Å². The van der Waals surface area contributed by atoms with Crippen molar-refractivity contribution in [2.75, 3.05) is 20.3 Å². The lowest BCUT2D eigenvalue weighted by atomic mass is 10.1. The highest BCUT2D eigenvalue weighted by molar-refractivity contribution is 14.0. The molecule has 27 heavy (non-hydrogen) atoms. The highest BCUT2D eigenvalue weighted by Gasteiger charge is 2.13. The van der Waals surface area contributed by atoms with Crippen LogP contribution in [0.15, 0.2) is 29.5 Å². The summed E-state index contributed by atoms with van der Waals surface area (Å²) in [6, 6.07) is 6.01. The maximum atomic E-state index is 5.70. The van der Waals surface area contributed by atoms with Gasteiger partial charge >= 0.3 is 0 Å². The molecule has 9 heteroatoms. The quantitative estimate of drug-likeness (QED) is 0.338. The zero-order chi connectivity index (χ0) is 18.9. The van der Waals surface area contributed by atoms with Crippen molar-refractivity contribution in [3.63, 3.8) is 0 Å². The van der Waals surface area contributed by atoms with E-state index in [1.807, 2.05) is 43.7 Å². The van der Waals surface area contributed by atoms with E-state index in [2.05, 4.69) is 32.7 Å². The first-order valence-electron chi connectivity index (χ1n) is 8.78. The SMILES string of the molecule is CCOc1ccc(C(C)NC(=NC)NCc2nncn2C)cc1OCC.I. The third kappa shape index (κ3) is 6.56. The molecule has 0 fully saturated rings. The molecule has 2 N–H and O–H groups in total. The molecule has 0 aliphatic carbocycles. The fraction of sp³-hybridized carbons (Fsp3) is 0.500. The number of aliphatic imine (C=N–C) groups is 1. The van der Waals surface area contributed by atoms with Crippen molar-refractivity contribution in [2.24, 2.45) is 12.0 Å². The number of halogens is 1. The third-order valence-corrected chi connectivity index (χ3v) is 3.86. The summed E-state index contributed by atoms with van der Waals surface area (Å²) >= 11 is 0. The highest BCUT2D eigenvalue weighted by Crippen LogP contribution is 2.30. The van der Waals surface area contributed by atoms with Crippen LogP contribution >= 0.6 is 24.0 Å². The molecule has 0 radical (unpaired) electrons. The summed E-state index contributed by atoms with van der Waals surface area (Å²) in [5, 5.41) is 14.5. The summed E-state index contributed by atoms with van der Waals surface area (Å²) in [6.45, 7) is 7.72. The number of hydrogen-bond donors (Lipinski definition) is 2. The Morgan fingerprint density at radius 2 is 1.93 bits per heavy atom. The van der Waals surface area contributed by atoms with Crippen LogP contribution in [0.1, 0.15) is 38.2 Å². The second-order valence-corrected chi connectivity index (χ2v) is 5.72. The van der Waals surface area contributed by atoms with Crippen molar-refractivity contribution < 1.29 is 9.47 Å². The minimum absolute atomic E-state index is 0. The molecule has 1 aromatic heterocycles. The smallest absolute Gasteiger partial charge is 0.191 e. The molecule has 1 aromatic carbocycles. The number of nitrogens with one attached hydrogen (secondary N) is 2. The van der Waals surface area contributed by atoms with Crippen molar-refractivity contribution >= 4 is 29.9 Å². The number of nitrogens with zero attached hydrogens (tertiary/aromatic N) is 4. The Morgan fingerprint density at radius 3 is 2.52 bits per heavy atom. The summed E-state index contributed by atoms with van der Waals surface area (Å²) in [5.74, 6) is 3.03. The van der Waals surface area contributed by atoms with Crippen molar-refractivity contribution in [3.05, 3.63) is 35.9 Å². The van der Waals surface area contributed by atoms with Crippen LogP contribution in [0.2, 0.25) is 0 Å². The number of hydrogen-bond acceptors (Lipinski definition) is 5. The van der Waals surface area contributed by atoms with Gasteiger partial charge in [-0.05, 0) is 38.5 Å². The molecule has 0 saturated heterocycles. The average molecular weight is 488 g/mol. The van der Waals surface area contributed by atoms with Gasteiger partial charge < -0.3 is 24.7 Å². The second kappa shape index (κ2) is 11.6. The van der Waals surface area contributed by atoms with Gasteiger partial charge in [-0.2, -0.15) is 0 Å². The predicted octanol–water partition coefficient (Wildman–Crippen LogP) is 2.66. The molecule has 0 saturated carbocycles. The molecule has 0 spiro atoms. The molecule has 0 aliphatic heterocycles. The molecule has 1 heterocycles. The number of guanidine groups is 1. The monoisotopic (exact) mass is 488 g/mol. The van der Waals surface area contributed by atoms with E-state index in [1.54, 1.807) is 13.4 Å². The van der Waals surface area contributed by atoms with Gasteiger partial charge in [-0.1, -0.05) is 6.07 Å². The van der Waals surface area contributed by atoms with Crippen LogP contribution in [-0.4, -0.2) is 41.0 Å². The molecule has 8 nitrogen and oxygen atoms in total. The molecule has 1 unspecified atom stereocenters. The van der Waals surface area contributed by atoms with Crippen LogP contribution < -0.4 is 20.1 Å². The average Bonchev–Trinajstić information content (AvgIpc) is 3.05. The number of aryl methyl sites for hydroxylation is 1. The van der Waals surface area contributed by atoms with Gasteiger partial charge in [0.15, 0.2) is 23.3 Å². The molecule has 2 rings (SSSR count). The van der Waals surface area contributed by atoms with Gasteiger partial charge in [0.05, 0.1) is 25.8 Å². The van der Waals surface area contributed by atoms with E-state index in [9.17, 15) is 0 Å². The Balaban J connectivity index is 0.00000364. The van der Waals surface area contributed by atoms with Crippen molar-refractivity contribution in [1.29, 1.82) is 0 Å². The van der Waals surface area contributed by atoms with Gasteiger partial charge in [0.1, 0.15) is 6.33 Å². The van der Waals surface area contributed by atoms with E-state index in [0.717, 1.165) is 22.9 Å². The molecule has 150 valence electrons. The molecule has 1 atom stereocenters. The Hall–Kier alpha value is -2.04. The largest absolute Gasteiger partial charge is 0.490 e. The molecule has 2 aromatic rings. The fourth-order valence-electron chi connectivity index (χ4n) is 2.45. The first-order chi connectivity index (χ1) is 12.6. The summed E-state index contributed by atoms with van der Waals surface area (Å²) in [4.78, 5) is 4.27. The van der Waals surface area contributed by atoms with E-state index >= 15 is 0 Å². The molecular formula is C18H29IN6O2. The number of aromatic nitrogens is 3. The minimum Gasteiger partial charge on any atom is -0.490 e. The summed E-state index contributed by atoms with van der Waals surface area (Å²) < 4.78 is 13.2. The molecule has 0 bridgehead atoms. The molecule has 0 aliphatic rings.